The van der Waals surface area contributed by atoms with Crippen molar-refractivity contribution >= 4 is 16.8 Å². The molecule has 1 aromatic heterocycles. The molecule has 0 fully saturated rings. The summed E-state index contributed by atoms with van der Waals surface area (Å²) in [6, 6.07) is 7.75. The third-order valence-corrected chi connectivity index (χ3v) is 4.14. The molecule has 0 spiro atoms. The lowest BCUT2D eigenvalue weighted by molar-refractivity contribution is -0.133. The van der Waals surface area contributed by atoms with E-state index in [4.69, 9.17) is 10.5 Å². The summed E-state index contributed by atoms with van der Waals surface area (Å²) in [6.07, 6.45) is 1.42. The van der Waals surface area contributed by atoms with E-state index < -0.39 is 6.04 Å². The van der Waals surface area contributed by atoms with E-state index in [1.165, 1.54) is 16.6 Å². The van der Waals surface area contributed by atoms with Crippen molar-refractivity contribution in [3.8, 4) is 0 Å². The van der Waals surface area contributed by atoms with E-state index >= 15 is 0 Å². The number of nitrogens with one attached hydrogen (secondary N) is 1. The number of fused-ring (bicyclic) bond motifs is 3. The van der Waals surface area contributed by atoms with Crippen molar-refractivity contribution in [3.05, 3.63) is 35.5 Å². The van der Waals surface area contributed by atoms with Crippen LogP contribution in [0.3, 0.4) is 0 Å². The number of aromatic amines is 1. The predicted octanol–water partition coefficient (Wildman–Crippen LogP) is 1.42. The fourth-order valence-electron chi connectivity index (χ4n) is 2.96. The molecule has 0 saturated heterocycles. The summed E-state index contributed by atoms with van der Waals surface area (Å²) in [7, 11) is 1.62. The van der Waals surface area contributed by atoms with Gasteiger partial charge >= 0.3 is 0 Å². The highest BCUT2D eigenvalue weighted by Crippen LogP contribution is 2.27. The summed E-state index contributed by atoms with van der Waals surface area (Å²) in [6.45, 7) is 1.87. The summed E-state index contributed by atoms with van der Waals surface area (Å²) < 4.78 is 5.00. The SMILES string of the molecule is COCCC(N)C(=O)N1CCc2[nH]c3ccccc3c2C1. The predicted molar refractivity (Wildman–Crippen MR) is 81.9 cm³/mol. The fourth-order valence-corrected chi connectivity index (χ4v) is 2.96. The highest BCUT2D eigenvalue weighted by molar-refractivity contribution is 5.87. The maximum atomic E-state index is 12.4. The zero-order valence-corrected chi connectivity index (χ0v) is 12.3. The number of aromatic nitrogens is 1. The van der Waals surface area contributed by atoms with Gasteiger partial charge in [0.1, 0.15) is 0 Å². The molecule has 112 valence electrons. The van der Waals surface area contributed by atoms with Gasteiger partial charge in [-0.05, 0) is 12.5 Å². The Morgan fingerprint density at radius 2 is 2.29 bits per heavy atom. The second-order valence-corrected chi connectivity index (χ2v) is 5.53. The number of carbonyl (C=O) groups excluding carboxylic acids is 1. The monoisotopic (exact) mass is 287 g/mol. The normalized spacial score (nSPS) is 16.0. The molecule has 1 aliphatic rings. The number of nitrogens with two attached hydrogens (primary N) is 1. The van der Waals surface area contributed by atoms with Crippen LogP contribution >= 0.6 is 0 Å². The average Bonchev–Trinajstić information content (AvgIpc) is 2.89. The zero-order chi connectivity index (χ0) is 14.8. The highest BCUT2D eigenvalue weighted by Gasteiger charge is 2.26. The molecule has 1 aliphatic heterocycles. The molecular formula is C16H21N3O2. The van der Waals surface area contributed by atoms with Crippen LogP contribution < -0.4 is 5.73 Å². The molecule has 3 N–H and O–H groups in total. The first kappa shape index (κ1) is 14.1. The van der Waals surface area contributed by atoms with Gasteiger partial charge in [0.05, 0.1) is 6.04 Å². The van der Waals surface area contributed by atoms with Gasteiger partial charge in [0.25, 0.3) is 0 Å². The summed E-state index contributed by atoms with van der Waals surface area (Å²) >= 11 is 0. The third-order valence-electron chi connectivity index (χ3n) is 4.14. The third kappa shape index (κ3) is 2.66. The van der Waals surface area contributed by atoms with Crippen LogP contribution in [0.2, 0.25) is 0 Å². The van der Waals surface area contributed by atoms with Crippen LogP contribution in [0.1, 0.15) is 17.7 Å². The van der Waals surface area contributed by atoms with Crippen molar-refractivity contribution in [3.63, 3.8) is 0 Å². The molecule has 0 radical (unpaired) electrons. The molecule has 0 aliphatic carbocycles. The van der Waals surface area contributed by atoms with Crippen molar-refractivity contribution in [1.82, 2.24) is 9.88 Å². The molecule has 1 amide bonds. The maximum Gasteiger partial charge on any atom is 0.239 e. The highest BCUT2D eigenvalue weighted by atomic mass is 16.5. The Bertz CT molecular complexity index is 650. The molecule has 0 saturated carbocycles. The van der Waals surface area contributed by atoms with Crippen LogP contribution in [-0.4, -0.2) is 42.1 Å². The molecule has 5 heteroatoms. The van der Waals surface area contributed by atoms with Gasteiger partial charge in [-0.3, -0.25) is 4.79 Å². The Labute approximate surface area is 124 Å². The van der Waals surface area contributed by atoms with Crippen LogP contribution in [0.5, 0.6) is 0 Å². The van der Waals surface area contributed by atoms with Gasteiger partial charge in [-0.2, -0.15) is 0 Å². The Balaban J connectivity index is 1.79. The zero-order valence-electron chi connectivity index (χ0n) is 12.3. The molecular weight excluding hydrogens is 266 g/mol. The first-order valence-electron chi connectivity index (χ1n) is 7.32. The standard InChI is InChI=1S/C16H21N3O2/c1-21-9-7-13(17)16(20)19-8-6-15-12(10-19)11-4-2-3-5-14(11)18-15/h2-5,13,18H,6-10,17H2,1H3. The van der Waals surface area contributed by atoms with Crippen molar-refractivity contribution in [2.24, 2.45) is 5.73 Å². The quantitative estimate of drug-likeness (QED) is 0.893. The number of carbonyl (C=O) groups is 1. The van der Waals surface area contributed by atoms with Crippen LogP contribution in [-0.2, 0) is 22.5 Å². The fraction of sp³-hybridized carbons (Fsp3) is 0.438. The van der Waals surface area contributed by atoms with E-state index in [0.29, 0.717) is 19.6 Å². The second-order valence-electron chi connectivity index (χ2n) is 5.53. The summed E-state index contributed by atoms with van der Waals surface area (Å²) in [5.41, 5.74) is 9.57. The number of amides is 1. The number of hydrogen-bond acceptors (Lipinski definition) is 3. The largest absolute Gasteiger partial charge is 0.385 e. The minimum absolute atomic E-state index is 0.0166. The van der Waals surface area contributed by atoms with Crippen LogP contribution in [0.25, 0.3) is 10.9 Å². The van der Waals surface area contributed by atoms with Gasteiger partial charge in [-0.1, -0.05) is 18.2 Å². The Kier molecular flexibility index (Phi) is 3.94. The average molecular weight is 287 g/mol. The molecule has 0 bridgehead atoms. The smallest absolute Gasteiger partial charge is 0.239 e. The Morgan fingerprint density at radius 3 is 3.10 bits per heavy atom. The number of benzene rings is 1. The topological polar surface area (TPSA) is 71.3 Å². The molecule has 5 nitrogen and oxygen atoms in total. The number of nitrogens with zero attached hydrogens (tertiary/aromatic N) is 1. The number of ether oxygens (including phenoxy) is 1. The van der Waals surface area contributed by atoms with E-state index in [1.807, 2.05) is 17.0 Å². The molecule has 1 atom stereocenters. The Morgan fingerprint density at radius 1 is 1.48 bits per heavy atom. The molecule has 2 aromatic rings. The van der Waals surface area contributed by atoms with Gasteiger partial charge in [-0.25, -0.2) is 0 Å². The Hall–Kier alpha value is -1.85. The first-order chi connectivity index (χ1) is 10.2. The number of hydrogen-bond donors (Lipinski definition) is 2. The second kappa shape index (κ2) is 5.87. The molecule has 1 unspecified atom stereocenters. The first-order valence-corrected chi connectivity index (χ1v) is 7.32. The van der Waals surface area contributed by atoms with Crippen molar-refractivity contribution in [1.29, 1.82) is 0 Å². The van der Waals surface area contributed by atoms with Crippen molar-refractivity contribution in [2.45, 2.75) is 25.4 Å². The van der Waals surface area contributed by atoms with Gasteiger partial charge in [0.15, 0.2) is 0 Å². The van der Waals surface area contributed by atoms with Gasteiger partial charge < -0.3 is 20.4 Å². The summed E-state index contributed by atoms with van der Waals surface area (Å²) in [4.78, 5) is 17.7. The van der Waals surface area contributed by atoms with Gasteiger partial charge in [0.2, 0.25) is 5.91 Å². The van der Waals surface area contributed by atoms with Crippen molar-refractivity contribution < 1.29 is 9.53 Å². The molecule has 1 aromatic carbocycles. The number of rotatable bonds is 4. The number of para-hydroxylation sites is 1. The van der Waals surface area contributed by atoms with E-state index in [2.05, 4.69) is 17.1 Å². The lowest BCUT2D eigenvalue weighted by atomic mass is 10.0. The summed E-state index contributed by atoms with van der Waals surface area (Å²) in [5.74, 6) is 0.0166. The van der Waals surface area contributed by atoms with E-state index in [-0.39, 0.29) is 5.91 Å². The van der Waals surface area contributed by atoms with Crippen LogP contribution in [0, 0.1) is 0 Å². The van der Waals surface area contributed by atoms with E-state index in [1.54, 1.807) is 7.11 Å². The van der Waals surface area contributed by atoms with Crippen molar-refractivity contribution in [2.75, 3.05) is 20.3 Å². The molecule has 3 rings (SSSR count). The van der Waals surface area contributed by atoms with Gasteiger partial charge in [-0.15, -0.1) is 0 Å². The minimum atomic E-state index is -0.475. The van der Waals surface area contributed by atoms with Crippen LogP contribution in [0.4, 0.5) is 0 Å². The molecule has 21 heavy (non-hydrogen) atoms. The summed E-state index contributed by atoms with van der Waals surface area (Å²) in [5, 5.41) is 1.20. The minimum Gasteiger partial charge on any atom is -0.385 e. The maximum absolute atomic E-state index is 12.4. The van der Waals surface area contributed by atoms with E-state index in [9.17, 15) is 4.79 Å². The number of H-pyrrole nitrogens is 1. The molecule has 2 heterocycles. The van der Waals surface area contributed by atoms with Crippen LogP contribution in [0.15, 0.2) is 24.3 Å². The lowest BCUT2D eigenvalue weighted by Crippen LogP contribution is -2.46. The van der Waals surface area contributed by atoms with E-state index in [0.717, 1.165) is 18.5 Å². The lowest BCUT2D eigenvalue weighted by Gasteiger charge is -2.29. The van der Waals surface area contributed by atoms with Gasteiger partial charge in [0, 0.05) is 55.4 Å². The number of methoxy groups -OCH3 is 1.